The second-order valence-corrected chi connectivity index (χ2v) is 13.0. The number of benzene rings is 7. The van der Waals surface area contributed by atoms with E-state index in [4.69, 9.17) is 16.5 Å². The molecule has 3 aromatic heterocycles. The number of hydrogen-bond acceptors (Lipinski definition) is 2. The van der Waals surface area contributed by atoms with Crippen LogP contribution in [0.1, 0.15) is 0 Å². The van der Waals surface area contributed by atoms with E-state index in [-0.39, 0.29) is 0 Å². The Labute approximate surface area is 300 Å². The highest BCUT2D eigenvalue weighted by Gasteiger charge is 2.19. The van der Waals surface area contributed by atoms with Crippen LogP contribution in [0.25, 0.3) is 93.7 Å². The highest BCUT2D eigenvalue weighted by Crippen LogP contribution is 2.38. The summed E-state index contributed by atoms with van der Waals surface area (Å²) in [5, 5.41) is 4.70. The van der Waals surface area contributed by atoms with E-state index in [2.05, 4.69) is 141 Å². The molecule has 0 atom stereocenters. The van der Waals surface area contributed by atoms with E-state index in [0.717, 1.165) is 61.1 Å². The summed E-state index contributed by atoms with van der Waals surface area (Å²) in [4.78, 5) is 14.1. The maximum absolute atomic E-state index is 7.62. The summed E-state index contributed by atoms with van der Waals surface area (Å²) in [6.45, 7) is 7.62. The summed E-state index contributed by atoms with van der Waals surface area (Å²) in [6.07, 6.45) is 0. The molecule has 0 aliphatic rings. The highest BCUT2D eigenvalue weighted by atomic mass is 15.2. The van der Waals surface area contributed by atoms with Crippen molar-refractivity contribution in [2.24, 2.45) is 0 Å². The van der Waals surface area contributed by atoms with Crippen LogP contribution in [-0.2, 0) is 0 Å². The Balaban J connectivity index is 1.20. The summed E-state index contributed by atoms with van der Waals surface area (Å²) in [5.74, 6) is 0.578. The van der Waals surface area contributed by atoms with Crippen LogP contribution in [-0.4, -0.2) is 19.1 Å². The number of rotatable bonds is 5. The molecule has 3 heterocycles. The largest absolute Gasteiger partial charge is 0.309 e. The summed E-state index contributed by atoms with van der Waals surface area (Å²) >= 11 is 0. The van der Waals surface area contributed by atoms with Gasteiger partial charge >= 0.3 is 0 Å². The monoisotopic (exact) mass is 663 g/mol. The minimum atomic E-state index is 0.573. The van der Waals surface area contributed by atoms with Crippen molar-refractivity contribution in [2.75, 3.05) is 0 Å². The SMILES string of the molecule is [C-]#[N+]c1cccc(-c2cc(-c3ccccc3)nc(-n3c4ccccc4c4ccc(-c5ccc6c(c5)c5ccccc5n6-c5ccccc5)cc43)n2)c1. The van der Waals surface area contributed by atoms with Crippen molar-refractivity contribution in [2.45, 2.75) is 0 Å². The van der Waals surface area contributed by atoms with Gasteiger partial charge < -0.3 is 4.57 Å². The van der Waals surface area contributed by atoms with Gasteiger partial charge in [0.1, 0.15) is 0 Å². The minimum absolute atomic E-state index is 0.573. The smallest absolute Gasteiger partial charge is 0.235 e. The fourth-order valence-corrected chi connectivity index (χ4v) is 7.55. The first-order chi connectivity index (χ1) is 25.7. The molecule has 5 nitrogen and oxygen atoms in total. The first-order valence-electron chi connectivity index (χ1n) is 17.3. The molecule has 52 heavy (non-hydrogen) atoms. The van der Waals surface area contributed by atoms with Crippen LogP contribution in [0.15, 0.2) is 176 Å². The van der Waals surface area contributed by atoms with E-state index >= 15 is 0 Å². The molecule has 10 aromatic rings. The molecule has 10 rings (SSSR count). The summed E-state index contributed by atoms with van der Waals surface area (Å²) < 4.78 is 4.53. The van der Waals surface area contributed by atoms with Gasteiger partial charge in [0.05, 0.1) is 40.0 Å². The van der Waals surface area contributed by atoms with Crippen LogP contribution in [0.5, 0.6) is 0 Å². The summed E-state index contributed by atoms with van der Waals surface area (Å²) in [5.41, 5.74) is 11.8. The van der Waals surface area contributed by atoms with Crippen molar-refractivity contribution >= 4 is 49.3 Å². The van der Waals surface area contributed by atoms with E-state index in [9.17, 15) is 0 Å². The van der Waals surface area contributed by atoms with Gasteiger partial charge in [0.15, 0.2) is 5.69 Å². The van der Waals surface area contributed by atoms with Crippen molar-refractivity contribution in [3.8, 4) is 45.3 Å². The Hall–Kier alpha value is -7.29. The third-order valence-electron chi connectivity index (χ3n) is 9.95. The number of nitrogens with zero attached hydrogens (tertiary/aromatic N) is 5. The van der Waals surface area contributed by atoms with Crippen molar-refractivity contribution in [1.82, 2.24) is 19.1 Å². The van der Waals surface area contributed by atoms with Crippen molar-refractivity contribution in [1.29, 1.82) is 0 Å². The second kappa shape index (κ2) is 11.9. The quantitative estimate of drug-likeness (QED) is 0.172. The van der Waals surface area contributed by atoms with Crippen LogP contribution in [0, 0.1) is 6.57 Å². The van der Waals surface area contributed by atoms with Crippen molar-refractivity contribution < 1.29 is 0 Å². The number of fused-ring (bicyclic) bond motifs is 6. The third kappa shape index (κ3) is 4.78. The average molecular weight is 664 g/mol. The van der Waals surface area contributed by atoms with Gasteiger partial charge in [-0.25, -0.2) is 14.8 Å². The highest BCUT2D eigenvalue weighted by molar-refractivity contribution is 6.12. The molecule has 0 amide bonds. The van der Waals surface area contributed by atoms with Gasteiger partial charge in [0.2, 0.25) is 5.95 Å². The minimum Gasteiger partial charge on any atom is -0.309 e. The topological polar surface area (TPSA) is 40.0 Å². The van der Waals surface area contributed by atoms with E-state index in [1.165, 1.54) is 21.8 Å². The Morgan fingerprint density at radius 1 is 0.385 bits per heavy atom. The first kappa shape index (κ1) is 29.6. The molecule has 0 bridgehead atoms. The lowest BCUT2D eigenvalue weighted by Gasteiger charge is -2.12. The predicted octanol–water partition coefficient (Wildman–Crippen LogP) is 12.2. The molecule has 5 heteroatoms. The van der Waals surface area contributed by atoms with Crippen LogP contribution in [0.4, 0.5) is 5.69 Å². The number of hydrogen-bond donors (Lipinski definition) is 0. The predicted molar refractivity (Wildman–Crippen MR) is 213 cm³/mol. The summed E-state index contributed by atoms with van der Waals surface area (Å²) in [6, 6.07) is 61.0. The van der Waals surface area contributed by atoms with Gasteiger partial charge in [-0.05, 0) is 71.3 Å². The second-order valence-electron chi connectivity index (χ2n) is 13.0. The third-order valence-corrected chi connectivity index (χ3v) is 9.95. The molecule has 0 aliphatic carbocycles. The Morgan fingerprint density at radius 3 is 1.73 bits per heavy atom. The molecule has 0 unspecified atom stereocenters. The molecular weight excluding hydrogens is 635 g/mol. The molecule has 0 saturated carbocycles. The van der Waals surface area contributed by atoms with E-state index in [1.807, 2.05) is 48.5 Å². The maximum atomic E-state index is 7.62. The molecule has 0 saturated heterocycles. The molecule has 0 radical (unpaired) electrons. The average Bonchev–Trinajstić information content (AvgIpc) is 3.73. The zero-order chi connectivity index (χ0) is 34.6. The lowest BCUT2D eigenvalue weighted by atomic mass is 10.0. The number of aromatic nitrogens is 4. The lowest BCUT2D eigenvalue weighted by Crippen LogP contribution is -2.04. The number of para-hydroxylation sites is 3. The van der Waals surface area contributed by atoms with Crippen LogP contribution < -0.4 is 0 Å². The molecule has 7 aromatic carbocycles. The van der Waals surface area contributed by atoms with E-state index in [1.54, 1.807) is 0 Å². The lowest BCUT2D eigenvalue weighted by molar-refractivity contribution is 0.996. The normalized spacial score (nSPS) is 11.4. The summed E-state index contributed by atoms with van der Waals surface area (Å²) in [7, 11) is 0. The molecule has 0 spiro atoms. The molecular formula is C47H29N5. The van der Waals surface area contributed by atoms with Crippen LogP contribution >= 0.6 is 0 Å². The van der Waals surface area contributed by atoms with Gasteiger partial charge in [0.25, 0.3) is 0 Å². The fourth-order valence-electron chi connectivity index (χ4n) is 7.55. The molecule has 0 fully saturated rings. The Morgan fingerprint density at radius 2 is 0.962 bits per heavy atom. The van der Waals surface area contributed by atoms with E-state index in [0.29, 0.717) is 11.6 Å². The zero-order valence-corrected chi connectivity index (χ0v) is 28.0. The van der Waals surface area contributed by atoms with Crippen molar-refractivity contribution in [3.05, 3.63) is 187 Å². The van der Waals surface area contributed by atoms with Crippen LogP contribution in [0.2, 0.25) is 0 Å². The van der Waals surface area contributed by atoms with Crippen LogP contribution in [0.3, 0.4) is 0 Å². The van der Waals surface area contributed by atoms with Gasteiger partial charge in [-0.3, -0.25) is 4.57 Å². The maximum Gasteiger partial charge on any atom is 0.235 e. The Kier molecular flexibility index (Phi) is 6.80. The molecule has 0 aliphatic heterocycles. The zero-order valence-electron chi connectivity index (χ0n) is 28.0. The van der Waals surface area contributed by atoms with Gasteiger partial charge in [0, 0.05) is 32.8 Å². The van der Waals surface area contributed by atoms with E-state index < -0.39 is 0 Å². The Bertz CT molecular complexity index is 3020. The molecule has 0 N–H and O–H groups in total. The van der Waals surface area contributed by atoms with Gasteiger partial charge in [-0.15, -0.1) is 0 Å². The van der Waals surface area contributed by atoms with Crippen molar-refractivity contribution in [3.63, 3.8) is 0 Å². The fraction of sp³-hybridized carbons (Fsp3) is 0. The van der Waals surface area contributed by atoms with Gasteiger partial charge in [-0.1, -0.05) is 121 Å². The van der Waals surface area contributed by atoms with Gasteiger partial charge in [-0.2, -0.15) is 0 Å². The molecule has 242 valence electrons. The standard InChI is InChI=1S/C47H29N5/c1-48-35-16-12-15-34(27-35)42-30-41(31-13-4-2-5-14-31)49-47(50-42)52-44-22-11-8-19-37(44)39-25-23-33(29-46(39)52)32-24-26-45-40(28-32)38-20-9-10-21-43(38)51(45)36-17-6-3-7-18-36/h2-30H. The first-order valence-corrected chi connectivity index (χ1v) is 17.3.